The first-order valence-corrected chi connectivity index (χ1v) is 8.65. The molecule has 1 fully saturated rings. The van der Waals surface area contributed by atoms with Crippen LogP contribution in [0.1, 0.15) is 18.4 Å². The molecule has 1 amide bonds. The van der Waals surface area contributed by atoms with Gasteiger partial charge in [-0.15, -0.1) is 0 Å². The van der Waals surface area contributed by atoms with E-state index in [9.17, 15) is 13.2 Å². The van der Waals surface area contributed by atoms with E-state index in [1.165, 1.54) is 22.7 Å². The van der Waals surface area contributed by atoms with Gasteiger partial charge in [-0.2, -0.15) is 17.0 Å². The largest absolute Gasteiger partial charge is 0.352 e. The smallest absolute Gasteiger partial charge is 0.281 e. The van der Waals surface area contributed by atoms with Gasteiger partial charge in [-0.25, -0.2) is 0 Å². The zero-order chi connectivity index (χ0) is 16.2. The summed E-state index contributed by atoms with van der Waals surface area (Å²) in [7, 11) is -0.450. The van der Waals surface area contributed by atoms with Crippen molar-refractivity contribution in [3.05, 3.63) is 30.1 Å². The van der Waals surface area contributed by atoms with Crippen LogP contribution >= 0.6 is 0 Å². The van der Waals surface area contributed by atoms with Crippen molar-refractivity contribution in [1.29, 1.82) is 0 Å². The monoisotopic (exact) mass is 326 g/mol. The Balaban J connectivity index is 1.93. The van der Waals surface area contributed by atoms with Crippen LogP contribution in [0.15, 0.2) is 24.5 Å². The fourth-order valence-electron chi connectivity index (χ4n) is 2.43. The van der Waals surface area contributed by atoms with Crippen LogP contribution in [0, 0.1) is 5.92 Å². The Hall–Kier alpha value is -1.51. The van der Waals surface area contributed by atoms with Crippen LogP contribution in [0.2, 0.25) is 0 Å². The summed E-state index contributed by atoms with van der Waals surface area (Å²) >= 11 is 0. The first kappa shape index (κ1) is 16.9. The summed E-state index contributed by atoms with van der Waals surface area (Å²) in [6.45, 7) is 1.13. The third-order valence-corrected chi connectivity index (χ3v) is 5.67. The van der Waals surface area contributed by atoms with Crippen molar-refractivity contribution >= 4 is 16.1 Å². The van der Waals surface area contributed by atoms with Crippen molar-refractivity contribution in [2.24, 2.45) is 5.92 Å². The molecule has 0 saturated carbocycles. The second kappa shape index (κ2) is 7.17. The van der Waals surface area contributed by atoms with Gasteiger partial charge in [0.1, 0.15) is 0 Å². The van der Waals surface area contributed by atoms with Gasteiger partial charge < -0.3 is 5.32 Å². The number of pyridine rings is 1. The molecule has 0 radical (unpaired) electrons. The molecule has 2 heterocycles. The lowest BCUT2D eigenvalue weighted by Gasteiger charge is -2.32. The van der Waals surface area contributed by atoms with Gasteiger partial charge in [0, 0.05) is 46.1 Å². The molecule has 8 heteroatoms. The number of hydrogen-bond acceptors (Lipinski definition) is 4. The SMILES string of the molecule is CN(C)S(=O)(=O)N1CCC[C@@H](C(=O)NCc2ccncc2)C1. The molecule has 2 rings (SSSR count). The van der Waals surface area contributed by atoms with Gasteiger partial charge in [-0.1, -0.05) is 0 Å². The minimum atomic E-state index is -3.46. The van der Waals surface area contributed by atoms with Crippen molar-refractivity contribution in [3.63, 3.8) is 0 Å². The molecule has 1 N–H and O–H groups in total. The van der Waals surface area contributed by atoms with E-state index in [0.29, 0.717) is 25.9 Å². The maximum absolute atomic E-state index is 12.3. The summed E-state index contributed by atoms with van der Waals surface area (Å²) in [6.07, 6.45) is 4.75. The number of nitrogens with zero attached hydrogens (tertiary/aromatic N) is 3. The van der Waals surface area contributed by atoms with Gasteiger partial charge in [0.05, 0.1) is 5.92 Å². The Labute approximate surface area is 131 Å². The average molecular weight is 326 g/mol. The van der Waals surface area contributed by atoms with Crippen molar-refractivity contribution in [2.75, 3.05) is 27.2 Å². The van der Waals surface area contributed by atoms with Crippen molar-refractivity contribution in [3.8, 4) is 0 Å². The Bertz CT molecular complexity index is 604. The fraction of sp³-hybridized carbons (Fsp3) is 0.571. The maximum atomic E-state index is 12.3. The Morgan fingerprint density at radius 1 is 1.41 bits per heavy atom. The minimum Gasteiger partial charge on any atom is -0.352 e. The van der Waals surface area contributed by atoms with Crippen LogP contribution in [0.4, 0.5) is 0 Å². The molecule has 1 saturated heterocycles. The van der Waals surface area contributed by atoms with E-state index in [2.05, 4.69) is 10.3 Å². The zero-order valence-corrected chi connectivity index (χ0v) is 13.7. The first-order valence-electron chi connectivity index (χ1n) is 7.25. The lowest BCUT2D eigenvalue weighted by molar-refractivity contribution is -0.126. The molecule has 1 aromatic rings. The van der Waals surface area contributed by atoms with Crippen molar-refractivity contribution in [2.45, 2.75) is 19.4 Å². The van der Waals surface area contributed by atoms with Crippen LogP contribution in [0.5, 0.6) is 0 Å². The highest BCUT2D eigenvalue weighted by Gasteiger charge is 2.33. The summed E-state index contributed by atoms with van der Waals surface area (Å²) in [4.78, 5) is 16.2. The molecule has 1 atom stereocenters. The van der Waals surface area contributed by atoms with E-state index in [1.54, 1.807) is 12.4 Å². The predicted octanol–water partition coefficient (Wildman–Crippen LogP) is 0.216. The summed E-state index contributed by atoms with van der Waals surface area (Å²) in [5, 5.41) is 2.87. The molecule has 0 bridgehead atoms. The number of amides is 1. The zero-order valence-electron chi connectivity index (χ0n) is 12.9. The molecule has 0 aliphatic carbocycles. The van der Waals surface area contributed by atoms with E-state index in [1.807, 2.05) is 12.1 Å². The van der Waals surface area contributed by atoms with Crippen LogP contribution in [0.3, 0.4) is 0 Å². The standard InChI is InChI=1S/C14H22N4O3S/c1-17(2)22(20,21)18-9-3-4-13(11-18)14(19)16-10-12-5-7-15-8-6-12/h5-8,13H,3-4,9-11H2,1-2H3,(H,16,19)/t13-/m1/s1. The Kier molecular flexibility index (Phi) is 5.49. The lowest BCUT2D eigenvalue weighted by Crippen LogP contribution is -2.48. The molecule has 7 nitrogen and oxygen atoms in total. The number of rotatable bonds is 5. The molecule has 122 valence electrons. The average Bonchev–Trinajstić information content (AvgIpc) is 2.53. The van der Waals surface area contributed by atoms with Crippen LogP contribution < -0.4 is 5.32 Å². The van der Waals surface area contributed by atoms with Gasteiger partial charge in [0.15, 0.2) is 0 Å². The molecule has 0 unspecified atom stereocenters. The van der Waals surface area contributed by atoms with Gasteiger partial charge in [0.2, 0.25) is 5.91 Å². The quantitative estimate of drug-likeness (QED) is 0.839. The third-order valence-electron chi connectivity index (χ3n) is 3.76. The van der Waals surface area contributed by atoms with E-state index < -0.39 is 10.2 Å². The number of piperidine rings is 1. The van der Waals surface area contributed by atoms with Crippen molar-refractivity contribution < 1.29 is 13.2 Å². The predicted molar refractivity (Wildman–Crippen MR) is 83.0 cm³/mol. The number of carbonyl (C=O) groups is 1. The second-order valence-corrected chi connectivity index (χ2v) is 7.70. The van der Waals surface area contributed by atoms with Gasteiger partial charge in [-0.05, 0) is 30.5 Å². The number of carbonyl (C=O) groups excluding carboxylic acids is 1. The van der Waals surface area contributed by atoms with E-state index in [4.69, 9.17) is 0 Å². The van der Waals surface area contributed by atoms with Gasteiger partial charge in [0.25, 0.3) is 10.2 Å². The highest BCUT2D eigenvalue weighted by Crippen LogP contribution is 2.20. The van der Waals surface area contributed by atoms with Crippen LogP contribution in [0.25, 0.3) is 0 Å². The fourth-order valence-corrected chi connectivity index (χ4v) is 3.62. The summed E-state index contributed by atoms with van der Waals surface area (Å²) in [5.41, 5.74) is 0.969. The van der Waals surface area contributed by atoms with E-state index >= 15 is 0 Å². The summed E-state index contributed by atoms with van der Waals surface area (Å²) in [6, 6.07) is 3.67. The van der Waals surface area contributed by atoms with Gasteiger partial charge in [-0.3, -0.25) is 9.78 Å². The topological polar surface area (TPSA) is 82.6 Å². The molecule has 1 aromatic heterocycles. The van der Waals surface area contributed by atoms with Gasteiger partial charge >= 0.3 is 0 Å². The third kappa shape index (κ3) is 4.02. The number of aromatic nitrogens is 1. The molecule has 0 spiro atoms. The summed E-state index contributed by atoms with van der Waals surface area (Å²) < 4.78 is 26.9. The van der Waals surface area contributed by atoms with Crippen LogP contribution in [-0.2, 0) is 21.5 Å². The molecular formula is C14H22N4O3S. The minimum absolute atomic E-state index is 0.101. The number of hydrogen-bond donors (Lipinski definition) is 1. The molecule has 1 aliphatic rings. The highest BCUT2D eigenvalue weighted by molar-refractivity contribution is 7.86. The molecule has 0 aromatic carbocycles. The molecule has 22 heavy (non-hydrogen) atoms. The van der Waals surface area contributed by atoms with Crippen LogP contribution in [-0.4, -0.2) is 55.1 Å². The molecular weight excluding hydrogens is 304 g/mol. The Morgan fingerprint density at radius 2 is 2.09 bits per heavy atom. The number of nitrogens with one attached hydrogen (secondary N) is 1. The highest BCUT2D eigenvalue weighted by atomic mass is 32.2. The summed E-state index contributed by atoms with van der Waals surface area (Å²) in [5.74, 6) is -0.402. The second-order valence-electron chi connectivity index (χ2n) is 5.56. The normalized spacial score (nSPS) is 20.0. The maximum Gasteiger partial charge on any atom is 0.281 e. The van der Waals surface area contributed by atoms with Crippen molar-refractivity contribution in [1.82, 2.24) is 18.9 Å². The molecule has 1 aliphatic heterocycles. The Morgan fingerprint density at radius 3 is 2.73 bits per heavy atom. The van der Waals surface area contributed by atoms with E-state index in [0.717, 1.165) is 5.56 Å². The lowest BCUT2D eigenvalue weighted by atomic mass is 9.99. The van der Waals surface area contributed by atoms with E-state index in [-0.39, 0.29) is 18.4 Å². The first-order chi connectivity index (χ1) is 10.4.